The van der Waals surface area contributed by atoms with Crippen LogP contribution in [0.3, 0.4) is 0 Å². The van der Waals surface area contributed by atoms with Crippen molar-refractivity contribution in [1.29, 1.82) is 0 Å². The average molecular weight is 278 g/mol. The maximum Gasteiger partial charge on any atom is 0.257 e. The van der Waals surface area contributed by atoms with Crippen molar-refractivity contribution in [2.75, 3.05) is 13.1 Å². The number of piperidine rings is 1. The Bertz CT molecular complexity index is 522. The van der Waals surface area contributed by atoms with Crippen LogP contribution in [0.4, 0.5) is 0 Å². The predicted molar refractivity (Wildman–Crippen MR) is 72.5 cm³/mol. The van der Waals surface area contributed by atoms with Crippen molar-refractivity contribution in [3.63, 3.8) is 0 Å². The van der Waals surface area contributed by atoms with Gasteiger partial charge < -0.3 is 20.4 Å². The molecule has 0 aromatic heterocycles. The van der Waals surface area contributed by atoms with Crippen molar-refractivity contribution in [2.45, 2.75) is 25.8 Å². The highest BCUT2D eigenvalue weighted by Crippen LogP contribution is 2.29. The lowest BCUT2D eigenvalue weighted by Gasteiger charge is -2.32. The normalized spacial score (nSPS) is 15.9. The summed E-state index contributed by atoms with van der Waals surface area (Å²) in [7, 11) is 0. The van der Waals surface area contributed by atoms with Crippen LogP contribution in [-0.2, 0) is 4.79 Å². The minimum Gasteiger partial charge on any atom is -0.504 e. The van der Waals surface area contributed by atoms with Crippen LogP contribution in [0.15, 0.2) is 18.2 Å². The largest absolute Gasteiger partial charge is 0.504 e. The summed E-state index contributed by atoms with van der Waals surface area (Å²) in [4.78, 5) is 24.9. The van der Waals surface area contributed by atoms with Gasteiger partial charge in [-0.3, -0.25) is 9.59 Å². The van der Waals surface area contributed by atoms with Gasteiger partial charge in [-0.2, -0.15) is 0 Å². The number of phenols is 2. The molecule has 20 heavy (non-hydrogen) atoms. The number of phenolic OH excluding ortho intramolecular Hbond substituents is 2. The van der Waals surface area contributed by atoms with E-state index in [4.69, 9.17) is 0 Å². The molecule has 6 heteroatoms. The molecule has 1 saturated heterocycles. The number of rotatable bonds is 2. The van der Waals surface area contributed by atoms with E-state index in [-0.39, 0.29) is 34.9 Å². The Kier molecular flexibility index (Phi) is 4.12. The number of likely N-dealkylation sites (tertiary alicyclic amines) is 1. The standard InChI is InChI=1S/C14H18N2O4/c1-9(17)15-10-5-7-16(8-6-10)14(20)11-3-2-4-12(18)13(11)19/h2-4,10,18-19H,5-8H2,1H3,(H,15,17). The highest BCUT2D eigenvalue weighted by atomic mass is 16.3. The summed E-state index contributed by atoms with van der Waals surface area (Å²) in [6.45, 7) is 2.50. The Balaban J connectivity index is 2.02. The summed E-state index contributed by atoms with van der Waals surface area (Å²) in [5.41, 5.74) is 0.1000. The maximum atomic E-state index is 12.3. The topological polar surface area (TPSA) is 89.9 Å². The smallest absolute Gasteiger partial charge is 0.257 e. The zero-order valence-corrected chi connectivity index (χ0v) is 11.3. The molecule has 1 fully saturated rings. The molecule has 2 rings (SSSR count). The first-order valence-electron chi connectivity index (χ1n) is 6.56. The molecule has 0 radical (unpaired) electrons. The minimum absolute atomic E-state index is 0.0691. The molecule has 1 aromatic carbocycles. The highest BCUT2D eigenvalue weighted by Gasteiger charge is 2.26. The lowest BCUT2D eigenvalue weighted by atomic mass is 10.0. The SMILES string of the molecule is CC(=O)NC1CCN(C(=O)c2cccc(O)c2O)CC1. The Morgan fingerprint density at radius 2 is 1.90 bits per heavy atom. The highest BCUT2D eigenvalue weighted by molar-refractivity contribution is 5.97. The van der Waals surface area contributed by atoms with Gasteiger partial charge >= 0.3 is 0 Å². The zero-order valence-electron chi connectivity index (χ0n) is 11.3. The molecule has 6 nitrogen and oxygen atoms in total. The molecule has 1 aliphatic rings. The van der Waals surface area contributed by atoms with E-state index >= 15 is 0 Å². The quantitative estimate of drug-likeness (QED) is 0.699. The first-order chi connectivity index (χ1) is 9.49. The first kappa shape index (κ1) is 14.2. The molecular formula is C14H18N2O4. The molecule has 3 N–H and O–H groups in total. The second kappa shape index (κ2) is 5.81. The molecule has 2 amide bonds. The van der Waals surface area contributed by atoms with E-state index in [1.54, 1.807) is 4.90 Å². The van der Waals surface area contributed by atoms with Crippen LogP contribution in [0, 0.1) is 0 Å². The van der Waals surface area contributed by atoms with Crippen LogP contribution in [-0.4, -0.2) is 46.1 Å². The van der Waals surface area contributed by atoms with Gasteiger partial charge in [-0.1, -0.05) is 6.07 Å². The van der Waals surface area contributed by atoms with Gasteiger partial charge in [0, 0.05) is 26.1 Å². The lowest BCUT2D eigenvalue weighted by molar-refractivity contribution is -0.119. The number of nitrogens with one attached hydrogen (secondary N) is 1. The first-order valence-corrected chi connectivity index (χ1v) is 6.56. The Hall–Kier alpha value is -2.24. The molecule has 0 unspecified atom stereocenters. The van der Waals surface area contributed by atoms with E-state index < -0.39 is 0 Å². The van der Waals surface area contributed by atoms with E-state index in [1.807, 2.05) is 0 Å². The number of carbonyl (C=O) groups is 2. The number of nitrogens with zero attached hydrogens (tertiary/aromatic N) is 1. The van der Waals surface area contributed by atoms with Crippen LogP contribution in [0.2, 0.25) is 0 Å². The van der Waals surface area contributed by atoms with Crippen molar-refractivity contribution in [1.82, 2.24) is 10.2 Å². The number of aromatic hydroxyl groups is 2. The number of carbonyl (C=O) groups excluding carboxylic acids is 2. The van der Waals surface area contributed by atoms with Gasteiger partial charge in [0.15, 0.2) is 11.5 Å². The van der Waals surface area contributed by atoms with Gasteiger partial charge in [0.1, 0.15) is 0 Å². The summed E-state index contributed by atoms with van der Waals surface area (Å²) in [6.07, 6.45) is 1.37. The molecule has 0 aliphatic carbocycles. The van der Waals surface area contributed by atoms with Crippen molar-refractivity contribution < 1.29 is 19.8 Å². The molecule has 1 aromatic rings. The summed E-state index contributed by atoms with van der Waals surface area (Å²) in [5.74, 6) is -1.06. The van der Waals surface area contributed by atoms with Crippen LogP contribution < -0.4 is 5.32 Å². The van der Waals surface area contributed by atoms with E-state index in [0.717, 1.165) is 0 Å². The summed E-state index contributed by atoms with van der Waals surface area (Å²) in [5, 5.41) is 22.0. The van der Waals surface area contributed by atoms with Crippen LogP contribution >= 0.6 is 0 Å². The van der Waals surface area contributed by atoms with Gasteiger partial charge in [0.25, 0.3) is 5.91 Å². The third-order valence-corrected chi connectivity index (χ3v) is 3.43. The third-order valence-electron chi connectivity index (χ3n) is 3.43. The monoisotopic (exact) mass is 278 g/mol. The molecule has 108 valence electrons. The summed E-state index contributed by atoms with van der Waals surface area (Å²) in [6, 6.07) is 4.42. The van der Waals surface area contributed by atoms with Gasteiger partial charge in [0.2, 0.25) is 5.91 Å². The third kappa shape index (κ3) is 3.01. The zero-order chi connectivity index (χ0) is 14.7. The summed E-state index contributed by atoms with van der Waals surface area (Å²) < 4.78 is 0. The van der Waals surface area contributed by atoms with Crippen molar-refractivity contribution in [2.24, 2.45) is 0 Å². The molecule has 1 aliphatic heterocycles. The molecule has 0 atom stereocenters. The second-order valence-electron chi connectivity index (χ2n) is 4.94. The van der Waals surface area contributed by atoms with Gasteiger partial charge in [-0.15, -0.1) is 0 Å². The number of hydrogen-bond acceptors (Lipinski definition) is 4. The van der Waals surface area contributed by atoms with Crippen molar-refractivity contribution >= 4 is 11.8 Å². The number of amides is 2. The van der Waals surface area contributed by atoms with Crippen LogP contribution in [0.25, 0.3) is 0 Å². The second-order valence-corrected chi connectivity index (χ2v) is 4.94. The Morgan fingerprint density at radius 1 is 1.25 bits per heavy atom. The van der Waals surface area contributed by atoms with Gasteiger partial charge in [-0.05, 0) is 25.0 Å². The molecule has 1 heterocycles. The minimum atomic E-state index is -0.388. The van der Waals surface area contributed by atoms with Gasteiger partial charge in [-0.25, -0.2) is 0 Å². The number of hydrogen-bond donors (Lipinski definition) is 3. The van der Waals surface area contributed by atoms with Crippen LogP contribution in [0.1, 0.15) is 30.1 Å². The fourth-order valence-electron chi connectivity index (χ4n) is 2.39. The van der Waals surface area contributed by atoms with E-state index in [9.17, 15) is 19.8 Å². The lowest BCUT2D eigenvalue weighted by Crippen LogP contribution is -2.46. The van der Waals surface area contributed by atoms with E-state index in [2.05, 4.69) is 5.32 Å². The Morgan fingerprint density at radius 3 is 2.50 bits per heavy atom. The molecule has 0 bridgehead atoms. The fraction of sp³-hybridized carbons (Fsp3) is 0.429. The fourth-order valence-corrected chi connectivity index (χ4v) is 2.39. The van der Waals surface area contributed by atoms with E-state index in [0.29, 0.717) is 25.9 Å². The predicted octanol–water partition coefficient (Wildman–Crippen LogP) is 0.838. The summed E-state index contributed by atoms with van der Waals surface area (Å²) >= 11 is 0. The van der Waals surface area contributed by atoms with Gasteiger partial charge in [0.05, 0.1) is 5.56 Å². The van der Waals surface area contributed by atoms with Crippen molar-refractivity contribution in [3.05, 3.63) is 23.8 Å². The van der Waals surface area contributed by atoms with Crippen LogP contribution in [0.5, 0.6) is 11.5 Å². The maximum absolute atomic E-state index is 12.3. The molecular weight excluding hydrogens is 260 g/mol. The van der Waals surface area contributed by atoms with Crippen molar-refractivity contribution in [3.8, 4) is 11.5 Å². The van der Waals surface area contributed by atoms with E-state index in [1.165, 1.54) is 25.1 Å². The Labute approximate surface area is 117 Å². The average Bonchev–Trinajstić information content (AvgIpc) is 2.41. The molecule has 0 spiro atoms. The molecule has 0 saturated carbocycles. The number of benzene rings is 1. The number of para-hydroxylation sites is 1.